The monoisotopic (exact) mass is 524 g/mol. The van der Waals surface area contributed by atoms with Crippen LogP contribution in [0.5, 0.6) is 0 Å². The summed E-state index contributed by atoms with van der Waals surface area (Å²) in [5.74, 6) is -42.4. The van der Waals surface area contributed by atoms with Crippen molar-refractivity contribution in [3.8, 4) is 0 Å². The molecule has 1 aromatic rings. The summed E-state index contributed by atoms with van der Waals surface area (Å²) in [6.45, 7) is 3.03. The smallest absolute Gasteiger partial charge is 0.195 e. The van der Waals surface area contributed by atoms with E-state index < -0.39 is 57.2 Å². The minimum absolute atomic E-state index is 0.0207. The predicted molar refractivity (Wildman–Crippen MR) is 93.4 cm³/mol. The number of hydrogen-bond acceptors (Lipinski definition) is 0. The summed E-state index contributed by atoms with van der Waals surface area (Å²) < 4.78 is 166. The number of halogens is 14. The maximum atomic E-state index is 14.1. The Balaban J connectivity index is 3.57. The summed E-state index contributed by atoms with van der Waals surface area (Å²) in [7, 11) is 0. The number of hydrogen-bond donors (Lipinski definition) is 0. The van der Waals surface area contributed by atoms with Crippen LogP contribution in [-0.2, 0) is 5.92 Å². The molecule has 0 aliphatic rings. The Morgan fingerprint density at radius 1 is 0.781 bits per heavy atom. The van der Waals surface area contributed by atoms with Crippen LogP contribution in [0.4, 0.5) is 52.7 Å². The molecule has 1 rings (SSSR count). The zero-order valence-electron chi connectivity index (χ0n) is 15.1. The Bertz CT molecular complexity index is 903. The van der Waals surface area contributed by atoms with Crippen LogP contribution in [0, 0.1) is 0 Å². The van der Waals surface area contributed by atoms with Crippen molar-refractivity contribution in [1.82, 2.24) is 0 Å². The van der Waals surface area contributed by atoms with Crippen LogP contribution in [-0.4, -0.2) is 29.6 Å². The van der Waals surface area contributed by atoms with Gasteiger partial charge < -0.3 is 0 Å². The van der Waals surface area contributed by atoms with Gasteiger partial charge in [0.1, 0.15) is 0 Å². The maximum Gasteiger partial charge on any atom is 0.385 e. The van der Waals surface area contributed by atoms with E-state index in [2.05, 4.69) is 6.58 Å². The quantitative estimate of drug-likeness (QED) is 0.224. The van der Waals surface area contributed by atoms with Gasteiger partial charge in [0.05, 0.1) is 0 Å². The fourth-order valence-corrected chi connectivity index (χ4v) is 2.47. The lowest BCUT2D eigenvalue weighted by molar-refractivity contribution is -0.422. The Labute approximate surface area is 182 Å². The normalized spacial score (nSPS) is 15.4. The van der Waals surface area contributed by atoms with E-state index >= 15 is 0 Å². The number of allylic oxidation sites excluding steroid dienone is 5. The highest BCUT2D eigenvalue weighted by atomic mass is 35.5. The van der Waals surface area contributed by atoms with Crippen molar-refractivity contribution in [2.45, 2.75) is 35.5 Å². The van der Waals surface area contributed by atoms with E-state index in [1.165, 1.54) is 0 Å². The molecule has 1 aromatic carbocycles. The molecule has 0 aliphatic carbocycles. The first-order chi connectivity index (χ1) is 14.2. The molecule has 0 unspecified atom stereocenters. The molecule has 0 aromatic heterocycles. The van der Waals surface area contributed by atoms with Gasteiger partial charge in [0.15, 0.2) is 0 Å². The van der Waals surface area contributed by atoms with Gasteiger partial charge in [-0.3, -0.25) is 0 Å². The van der Waals surface area contributed by atoms with Crippen LogP contribution < -0.4 is 0 Å². The summed E-state index contributed by atoms with van der Waals surface area (Å²) in [5, 5.41) is -1.54. The second-order valence-electron chi connectivity index (χ2n) is 6.13. The minimum atomic E-state index is -7.69. The Hall–Kier alpha value is -1.82. The van der Waals surface area contributed by atoms with Crippen molar-refractivity contribution in [2.75, 3.05) is 0 Å². The van der Waals surface area contributed by atoms with Crippen molar-refractivity contribution >= 4 is 23.2 Å². The van der Waals surface area contributed by atoms with Crippen molar-refractivity contribution in [3.05, 3.63) is 70.8 Å². The average Bonchev–Trinajstić information content (AvgIpc) is 2.66. The third-order valence-corrected chi connectivity index (χ3v) is 4.40. The molecule has 0 saturated heterocycles. The van der Waals surface area contributed by atoms with E-state index in [9.17, 15) is 52.7 Å². The Morgan fingerprint density at radius 2 is 1.28 bits per heavy atom. The molecule has 0 N–H and O–H groups in total. The molecule has 14 heteroatoms. The van der Waals surface area contributed by atoms with E-state index in [0.717, 1.165) is 12.1 Å². The SMILES string of the molecule is C=C/C=C(Cl)\C=C\C(F)(F)C(F)(F)C(F)(F)C(F)(F)C(F)(F)C(F)(F)c1cccc(Cl)c1. The van der Waals surface area contributed by atoms with Crippen LogP contribution in [0.1, 0.15) is 5.56 Å². The van der Waals surface area contributed by atoms with E-state index in [1.807, 2.05) is 0 Å². The molecule has 0 aliphatic heterocycles. The van der Waals surface area contributed by atoms with Gasteiger partial charge in [0.2, 0.25) is 0 Å². The van der Waals surface area contributed by atoms with Crippen LogP contribution >= 0.6 is 23.2 Å². The zero-order chi connectivity index (χ0) is 25.4. The molecule has 0 amide bonds. The van der Waals surface area contributed by atoms with Crippen LogP contribution in [0.15, 0.2) is 60.2 Å². The maximum absolute atomic E-state index is 14.1. The molecule has 0 spiro atoms. The first kappa shape index (κ1) is 28.2. The summed E-state index contributed by atoms with van der Waals surface area (Å²) in [6, 6.07) is 1.41. The molecular weight excluding hydrogens is 515 g/mol. The van der Waals surface area contributed by atoms with Gasteiger partial charge in [0, 0.05) is 15.6 Å². The molecule has 0 atom stereocenters. The highest BCUT2D eigenvalue weighted by molar-refractivity contribution is 6.31. The summed E-state index contributed by atoms with van der Waals surface area (Å²) in [6.07, 6.45) is 0.319. The molecule has 0 fully saturated rings. The highest BCUT2D eigenvalue weighted by Crippen LogP contribution is 2.62. The van der Waals surface area contributed by atoms with Gasteiger partial charge in [-0.2, -0.15) is 52.7 Å². The van der Waals surface area contributed by atoms with E-state index in [1.54, 1.807) is 0 Å². The molecule has 32 heavy (non-hydrogen) atoms. The standard InChI is InChI=1S/C18H10Cl2F12/c1-2-4-11(19)7-8-13(21,22)15(25,26)17(29,30)18(31,32)16(27,28)14(23,24)10-5-3-6-12(20)9-10/h2-9H,1H2/b8-7+,11-4+. The molecule has 0 saturated carbocycles. The largest absolute Gasteiger partial charge is 0.385 e. The van der Waals surface area contributed by atoms with E-state index in [-0.39, 0.29) is 18.2 Å². The van der Waals surface area contributed by atoms with Gasteiger partial charge >= 0.3 is 35.5 Å². The van der Waals surface area contributed by atoms with Crippen molar-refractivity contribution in [2.24, 2.45) is 0 Å². The summed E-state index contributed by atoms with van der Waals surface area (Å²) in [4.78, 5) is 0. The highest BCUT2D eigenvalue weighted by Gasteiger charge is 2.89. The lowest BCUT2D eigenvalue weighted by Gasteiger charge is -2.41. The number of alkyl halides is 12. The second-order valence-corrected chi connectivity index (χ2v) is 7.00. The molecule has 0 nitrogen and oxygen atoms in total. The fourth-order valence-electron chi connectivity index (χ4n) is 2.12. The second kappa shape index (κ2) is 8.85. The first-order valence-corrected chi connectivity index (χ1v) is 8.66. The van der Waals surface area contributed by atoms with Crippen molar-refractivity contribution < 1.29 is 52.7 Å². The topological polar surface area (TPSA) is 0 Å². The van der Waals surface area contributed by atoms with Crippen LogP contribution in [0.2, 0.25) is 5.02 Å². The van der Waals surface area contributed by atoms with Gasteiger partial charge in [-0.15, -0.1) is 0 Å². The lowest BCUT2D eigenvalue weighted by Crippen LogP contribution is -2.69. The molecule has 0 radical (unpaired) electrons. The number of benzene rings is 1. The summed E-state index contributed by atoms with van der Waals surface area (Å²) >= 11 is 10.5. The molecular formula is C18H10Cl2F12. The predicted octanol–water partition coefficient (Wildman–Crippen LogP) is 8.47. The van der Waals surface area contributed by atoms with E-state index in [0.29, 0.717) is 12.1 Å². The molecule has 180 valence electrons. The van der Waals surface area contributed by atoms with Crippen molar-refractivity contribution in [3.63, 3.8) is 0 Å². The van der Waals surface area contributed by atoms with Crippen molar-refractivity contribution in [1.29, 1.82) is 0 Å². The van der Waals surface area contributed by atoms with Crippen LogP contribution in [0.25, 0.3) is 0 Å². The van der Waals surface area contributed by atoms with Gasteiger partial charge in [-0.25, -0.2) is 0 Å². The molecule has 0 bridgehead atoms. The first-order valence-electron chi connectivity index (χ1n) is 7.91. The Morgan fingerprint density at radius 3 is 1.75 bits per heavy atom. The number of rotatable bonds is 9. The minimum Gasteiger partial charge on any atom is -0.195 e. The average molecular weight is 525 g/mol. The van der Waals surface area contributed by atoms with Gasteiger partial charge in [0.25, 0.3) is 0 Å². The molecule has 0 heterocycles. The van der Waals surface area contributed by atoms with E-state index in [4.69, 9.17) is 23.2 Å². The van der Waals surface area contributed by atoms with Crippen LogP contribution in [0.3, 0.4) is 0 Å². The van der Waals surface area contributed by atoms with Gasteiger partial charge in [-0.05, 0) is 30.4 Å². The third-order valence-electron chi connectivity index (χ3n) is 3.91. The lowest BCUT2D eigenvalue weighted by atomic mass is 9.89. The van der Waals surface area contributed by atoms with Gasteiger partial charge in [-0.1, -0.05) is 48.0 Å². The third kappa shape index (κ3) is 4.48. The fraction of sp³-hybridized carbons (Fsp3) is 0.333. The summed E-state index contributed by atoms with van der Waals surface area (Å²) in [5.41, 5.74) is -2.05. The Kier molecular flexibility index (Phi) is 7.80. The zero-order valence-corrected chi connectivity index (χ0v) is 16.6.